The van der Waals surface area contributed by atoms with Crippen molar-refractivity contribution in [2.45, 2.75) is 32.5 Å². The summed E-state index contributed by atoms with van der Waals surface area (Å²) in [7, 11) is -2.33. The standard InChI is InChI=1S/C24H26F3N7O4S/c1-15(35)9-10-21(36)31-16-6-4-7-17(12-16)32-23-30-13-18(24(25,26)27)22(33-23)29-14-19-20(8-5-11-28-19)34(2)39(3,37)38/h4-8,11-13H,9-10,14H2,1-3H3,(H,31,36)(H2,29,30,32,33). The van der Waals surface area contributed by atoms with Crippen LogP contribution < -0.4 is 20.3 Å². The number of ketones is 1. The molecule has 0 radical (unpaired) electrons. The molecule has 0 bridgehead atoms. The molecule has 3 aromatic rings. The maximum absolute atomic E-state index is 13.7. The molecule has 0 aliphatic carbocycles. The van der Waals surface area contributed by atoms with E-state index in [9.17, 15) is 31.2 Å². The Kier molecular flexibility index (Phi) is 9.06. The van der Waals surface area contributed by atoms with Gasteiger partial charge in [0.2, 0.25) is 21.9 Å². The highest BCUT2D eigenvalue weighted by Gasteiger charge is 2.35. The van der Waals surface area contributed by atoms with Gasteiger partial charge in [0, 0.05) is 43.7 Å². The van der Waals surface area contributed by atoms with Crippen molar-refractivity contribution in [1.82, 2.24) is 15.0 Å². The fraction of sp³-hybridized carbons (Fsp3) is 0.292. The molecule has 3 rings (SSSR count). The Morgan fingerprint density at radius 3 is 2.44 bits per heavy atom. The monoisotopic (exact) mass is 565 g/mol. The number of nitrogens with zero attached hydrogens (tertiary/aromatic N) is 4. The van der Waals surface area contributed by atoms with E-state index in [-0.39, 0.29) is 48.4 Å². The molecule has 0 atom stereocenters. The van der Waals surface area contributed by atoms with Crippen molar-refractivity contribution in [3.05, 3.63) is 60.0 Å². The third-order valence-corrected chi connectivity index (χ3v) is 6.52. The van der Waals surface area contributed by atoms with Gasteiger partial charge in [0.25, 0.3) is 0 Å². The van der Waals surface area contributed by atoms with Crippen LogP contribution in [0.15, 0.2) is 48.8 Å². The molecule has 0 spiro atoms. The Bertz CT molecular complexity index is 1470. The van der Waals surface area contributed by atoms with Gasteiger partial charge < -0.3 is 20.7 Å². The highest BCUT2D eigenvalue weighted by Crippen LogP contribution is 2.34. The van der Waals surface area contributed by atoms with E-state index in [1.54, 1.807) is 18.2 Å². The number of halogens is 3. The number of aromatic nitrogens is 3. The van der Waals surface area contributed by atoms with E-state index in [2.05, 4.69) is 30.9 Å². The normalized spacial score (nSPS) is 11.5. The fourth-order valence-electron chi connectivity index (χ4n) is 3.30. The van der Waals surface area contributed by atoms with Crippen LogP contribution in [0.3, 0.4) is 0 Å². The van der Waals surface area contributed by atoms with Crippen molar-refractivity contribution in [3.63, 3.8) is 0 Å². The number of anilines is 5. The zero-order valence-corrected chi connectivity index (χ0v) is 22.0. The quantitative estimate of drug-likeness (QED) is 0.314. The highest BCUT2D eigenvalue weighted by atomic mass is 32.2. The molecule has 0 aliphatic rings. The van der Waals surface area contributed by atoms with Crippen molar-refractivity contribution in [3.8, 4) is 0 Å². The van der Waals surface area contributed by atoms with Gasteiger partial charge in [-0.3, -0.25) is 14.1 Å². The number of sulfonamides is 1. The maximum Gasteiger partial charge on any atom is 0.421 e. The lowest BCUT2D eigenvalue weighted by Gasteiger charge is -2.20. The first kappa shape index (κ1) is 29.3. The predicted octanol–water partition coefficient (Wildman–Crippen LogP) is 3.95. The van der Waals surface area contributed by atoms with Crippen LogP contribution in [0.25, 0.3) is 0 Å². The first-order valence-electron chi connectivity index (χ1n) is 11.5. The predicted molar refractivity (Wildman–Crippen MR) is 140 cm³/mol. The molecule has 0 saturated heterocycles. The second-order valence-corrected chi connectivity index (χ2v) is 10.5. The van der Waals surface area contributed by atoms with Gasteiger partial charge in [-0.2, -0.15) is 18.2 Å². The molecule has 39 heavy (non-hydrogen) atoms. The molecule has 0 saturated carbocycles. The van der Waals surface area contributed by atoms with E-state index < -0.39 is 27.6 Å². The van der Waals surface area contributed by atoms with Crippen molar-refractivity contribution >= 4 is 50.5 Å². The maximum atomic E-state index is 13.7. The number of Topliss-reactive ketones (excluding diaryl/α,β-unsaturated/α-hetero) is 1. The van der Waals surface area contributed by atoms with Gasteiger partial charge in [0.1, 0.15) is 17.2 Å². The highest BCUT2D eigenvalue weighted by molar-refractivity contribution is 7.92. The van der Waals surface area contributed by atoms with Gasteiger partial charge in [-0.15, -0.1) is 0 Å². The molecule has 2 heterocycles. The molecule has 0 aliphatic heterocycles. The first-order chi connectivity index (χ1) is 18.2. The number of nitrogens with one attached hydrogen (secondary N) is 3. The number of alkyl halides is 3. The molecule has 15 heteroatoms. The van der Waals surface area contributed by atoms with E-state index in [0.29, 0.717) is 17.6 Å². The fourth-order valence-corrected chi connectivity index (χ4v) is 3.82. The summed E-state index contributed by atoms with van der Waals surface area (Å²) in [5, 5.41) is 8.03. The van der Waals surface area contributed by atoms with Crippen LogP contribution >= 0.6 is 0 Å². The Hall–Kier alpha value is -4.27. The SMILES string of the molecule is CC(=O)CCC(=O)Nc1cccc(Nc2ncc(C(F)(F)F)c(NCc3ncccc3N(C)S(C)(=O)=O)n2)c1. The topological polar surface area (TPSA) is 146 Å². The third-order valence-electron chi connectivity index (χ3n) is 5.33. The number of pyridine rings is 1. The summed E-state index contributed by atoms with van der Waals surface area (Å²) in [4.78, 5) is 34.9. The molecule has 3 N–H and O–H groups in total. The average molecular weight is 566 g/mol. The Labute approximate surface area is 222 Å². The van der Waals surface area contributed by atoms with Gasteiger partial charge >= 0.3 is 6.18 Å². The summed E-state index contributed by atoms with van der Waals surface area (Å²) in [6.45, 7) is 1.12. The molecule has 0 unspecified atom stereocenters. The van der Waals surface area contributed by atoms with Gasteiger partial charge in [0.05, 0.1) is 24.2 Å². The lowest BCUT2D eigenvalue weighted by Crippen LogP contribution is -2.26. The minimum absolute atomic E-state index is 0.0159. The molecule has 0 fully saturated rings. The van der Waals surface area contributed by atoms with Crippen LogP contribution in [0.2, 0.25) is 0 Å². The van der Waals surface area contributed by atoms with Gasteiger partial charge in [-0.1, -0.05) is 6.07 Å². The van der Waals surface area contributed by atoms with Crippen LogP contribution in [-0.4, -0.2) is 48.4 Å². The lowest BCUT2D eigenvalue weighted by atomic mass is 10.2. The number of rotatable bonds is 11. The summed E-state index contributed by atoms with van der Waals surface area (Å²) < 4.78 is 65.9. The average Bonchev–Trinajstić information content (AvgIpc) is 2.85. The molecule has 2 aromatic heterocycles. The lowest BCUT2D eigenvalue weighted by molar-refractivity contribution is -0.137. The van der Waals surface area contributed by atoms with Gasteiger partial charge in [0.15, 0.2) is 0 Å². The number of hydrogen-bond acceptors (Lipinski definition) is 9. The summed E-state index contributed by atoms with van der Waals surface area (Å²) in [6, 6.07) is 9.33. The second-order valence-electron chi connectivity index (χ2n) is 8.46. The number of hydrogen-bond donors (Lipinski definition) is 3. The summed E-state index contributed by atoms with van der Waals surface area (Å²) in [6.07, 6.45) is -1.66. The molecule has 1 aromatic carbocycles. The van der Waals surface area contributed by atoms with Gasteiger partial charge in [-0.05, 0) is 37.3 Å². The minimum atomic E-state index is -4.78. The molecular formula is C24H26F3N7O4S. The van der Waals surface area contributed by atoms with Crippen LogP contribution in [0.1, 0.15) is 31.0 Å². The van der Waals surface area contributed by atoms with Crippen molar-refractivity contribution in [1.29, 1.82) is 0 Å². The number of benzene rings is 1. The first-order valence-corrected chi connectivity index (χ1v) is 13.3. The van der Waals surface area contributed by atoms with Gasteiger partial charge in [-0.25, -0.2) is 13.4 Å². The Morgan fingerprint density at radius 1 is 1.05 bits per heavy atom. The van der Waals surface area contributed by atoms with Crippen LogP contribution in [0.5, 0.6) is 0 Å². The molecular weight excluding hydrogens is 539 g/mol. The largest absolute Gasteiger partial charge is 0.421 e. The Balaban J connectivity index is 1.83. The van der Waals surface area contributed by atoms with Crippen molar-refractivity contribution in [2.75, 3.05) is 33.6 Å². The molecule has 208 valence electrons. The van der Waals surface area contributed by atoms with Crippen LogP contribution in [-0.2, 0) is 32.3 Å². The number of carbonyl (C=O) groups is 2. The molecule has 11 nitrogen and oxygen atoms in total. The summed E-state index contributed by atoms with van der Waals surface area (Å²) in [5.74, 6) is -1.20. The zero-order chi connectivity index (χ0) is 28.8. The van der Waals surface area contributed by atoms with E-state index >= 15 is 0 Å². The van der Waals surface area contributed by atoms with Crippen molar-refractivity contribution in [2.24, 2.45) is 0 Å². The summed E-state index contributed by atoms with van der Waals surface area (Å²) >= 11 is 0. The van der Waals surface area contributed by atoms with E-state index in [1.807, 2.05) is 0 Å². The Morgan fingerprint density at radius 2 is 1.77 bits per heavy atom. The van der Waals surface area contributed by atoms with Crippen molar-refractivity contribution < 1.29 is 31.2 Å². The second kappa shape index (κ2) is 12.1. The third kappa shape index (κ3) is 8.36. The van der Waals surface area contributed by atoms with Crippen LogP contribution in [0.4, 0.5) is 42.0 Å². The van der Waals surface area contributed by atoms with Crippen LogP contribution in [0, 0.1) is 0 Å². The number of carbonyl (C=O) groups excluding carboxylic acids is 2. The summed E-state index contributed by atoms with van der Waals surface area (Å²) in [5.41, 5.74) is 0.0207. The number of amides is 1. The minimum Gasteiger partial charge on any atom is -0.364 e. The van der Waals surface area contributed by atoms with E-state index in [4.69, 9.17) is 0 Å². The van der Waals surface area contributed by atoms with E-state index in [0.717, 1.165) is 10.6 Å². The smallest absolute Gasteiger partial charge is 0.364 e. The molecule has 1 amide bonds. The zero-order valence-electron chi connectivity index (χ0n) is 21.2. The van der Waals surface area contributed by atoms with E-state index in [1.165, 1.54) is 38.4 Å².